The molecule has 1 aromatic carbocycles. The summed E-state index contributed by atoms with van der Waals surface area (Å²) >= 11 is 1.59. The molecule has 2 aliphatic rings. The highest BCUT2D eigenvalue weighted by atomic mass is 32.1. The molecule has 0 saturated heterocycles. The number of benzene rings is 1. The lowest BCUT2D eigenvalue weighted by atomic mass is 9.87. The average molecular weight is 392 g/mol. The molecule has 1 spiro atoms. The first-order chi connectivity index (χ1) is 13.6. The van der Waals surface area contributed by atoms with Crippen LogP contribution in [0.25, 0.3) is 20.9 Å². The Morgan fingerprint density at radius 2 is 1.79 bits per heavy atom. The summed E-state index contributed by atoms with van der Waals surface area (Å²) in [6.45, 7) is 0. The monoisotopic (exact) mass is 391 g/mol. The molecule has 1 saturated carbocycles. The number of fused-ring (bicyclic) bond motifs is 1. The van der Waals surface area contributed by atoms with Crippen molar-refractivity contribution in [3.05, 3.63) is 42.6 Å². The third kappa shape index (κ3) is 2.80. The third-order valence-corrected chi connectivity index (χ3v) is 6.42. The first-order valence-corrected chi connectivity index (χ1v) is 10.3. The molecule has 3 aromatic rings. The number of thiazole rings is 1. The number of guanidine groups is 2. The Bertz CT molecular complexity index is 1040. The van der Waals surface area contributed by atoms with Crippen molar-refractivity contribution in [2.75, 3.05) is 4.90 Å². The van der Waals surface area contributed by atoms with Gasteiger partial charge in [0.05, 0.1) is 0 Å². The maximum atomic E-state index is 6.30. The fourth-order valence-corrected chi connectivity index (χ4v) is 5.05. The smallest absolute Gasteiger partial charge is 0.220 e. The molecule has 0 radical (unpaired) electrons. The molecule has 2 aromatic heterocycles. The molecule has 0 unspecified atom stereocenters. The first kappa shape index (κ1) is 17.1. The quantitative estimate of drug-likeness (QED) is 0.696. The molecule has 0 amide bonds. The molecule has 28 heavy (non-hydrogen) atoms. The summed E-state index contributed by atoms with van der Waals surface area (Å²) in [4.78, 5) is 21.0. The second-order valence-corrected chi connectivity index (χ2v) is 8.19. The molecule has 1 fully saturated rings. The van der Waals surface area contributed by atoms with Gasteiger partial charge in [0.15, 0.2) is 0 Å². The van der Waals surface area contributed by atoms with Crippen molar-refractivity contribution < 1.29 is 0 Å². The van der Waals surface area contributed by atoms with Gasteiger partial charge < -0.3 is 11.5 Å². The highest BCUT2D eigenvalue weighted by Crippen LogP contribution is 2.40. The summed E-state index contributed by atoms with van der Waals surface area (Å²) in [7, 11) is 0. The number of rotatable bonds is 2. The molecule has 4 N–H and O–H groups in total. The van der Waals surface area contributed by atoms with E-state index >= 15 is 0 Å². The maximum Gasteiger partial charge on any atom is 0.220 e. The molecule has 0 bridgehead atoms. The summed E-state index contributed by atoms with van der Waals surface area (Å²) in [6, 6.07) is 12.1. The van der Waals surface area contributed by atoms with E-state index < -0.39 is 5.66 Å². The maximum absolute atomic E-state index is 6.30. The number of nitrogens with two attached hydrogens (primary N) is 2. The molecule has 8 heteroatoms. The van der Waals surface area contributed by atoms with Crippen molar-refractivity contribution in [3.63, 3.8) is 0 Å². The van der Waals surface area contributed by atoms with Crippen LogP contribution in [0.1, 0.15) is 32.1 Å². The topological polar surface area (TPSA) is 106 Å². The second kappa shape index (κ2) is 6.56. The van der Waals surface area contributed by atoms with Crippen LogP contribution >= 0.6 is 11.3 Å². The summed E-state index contributed by atoms with van der Waals surface area (Å²) in [5, 5.41) is 0.954. The van der Waals surface area contributed by atoms with Crippen LogP contribution in [0.5, 0.6) is 0 Å². The van der Waals surface area contributed by atoms with Crippen LogP contribution in [0, 0.1) is 0 Å². The normalized spacial score (nSPS) is 18.9. The van der Waals surface area contributed by atoms with E-state index in [2.05, 4.69) is 39.2 Å². The van der Waals surface area contributed by atoms with Crippen LogP contribution in [0.2, 0.25) is 0 Å². The van der Waals surface area contributed by atoms with E-state index in [0.29, 0.717) is 5.96 Å². The Morgan fingerprint density at radius 3 is 2.54 bits per heavy atom. The number of aliphatic imine (C=N–C) groups is 2. The Balaban J connectivity index is 1.51. The van der Waals surface area contributed by atoms with Crippen LogP contribution in [0.3, 0.4) is 0 Å². The fourth-order valence-electron chi connectivity index (χ4n) is 4.14. The van der Waals surface area contributed by atoms with Crippen molar-refractivity contribution in [1.29, 1.82) is 0 Å². The van der Waals surface area contributed by atoms with Gasteiger partial charge in [-0.05, 0) is 62.1 Å². The van der Waals surface area contributed by atoms with Gasteiger partial charge in [0.2, 0.25) is 11.9 Å². The number of hydrogen-bond donors (Lipinski definition) is 2. The first-order valence-electron chi connectivity index (χ1n) is 9.46. The Hall–Kier alpha value is -3.00. The Morgan fingerprint density at radius 1 is 1.00 bits per heavy atom. The standard InChI is InChI=1S/C20H21N7S/c21-18-25-19(22)27(20(26-18)10-2-1-3-11-20)14-8-6-13(7-9-14)16-24-15-5-4-12-23-17(15)28-16/h4-9,12H,1-3,10-11H2,(H4,21,22,25,26). The predicted octanol–water partition coefficient (Wildman–Crippen LogP) is 3.47. The Labute approximate surface area is 166 Å². The highest BCUT2D eigenvalue weighted by Gasteiger charge is 2.42. The van der Waals surface area contributed by atoms with Gasteiger partial charge in [-0.15, -0.1) is 0 Å². The van der Waals surface area contributed by atoms with E-state index in [0.717, 1.165) is 52.3 Å². The zero-order valence-electron chi connectivity index (χ0n) is 15.4. The van der Waals surface area contributed by atoms with Crippen LogP contribution in [-0.4, -0.2) is 27.5 Å². The second-order valence-electron chi connectivity index (χ2n) is 7.21. The number of hydrogen-bond acceptors (Lipinski definition) is 8. The van der Waals surface area contributed by atoms with E-state index in [-0.39, 0.29) is 5.96 Å². The molecule has 1 aliphatic heterocycles. The molecule has 0 atom stereocenters. The summed E-state index contributed by atoms with van der Waals surface area (Å²) < 4.78 is 0. The van der Waals surface area contributed by atoms with Crippen LogP contribution in [-0.2, 0) is 0 Å². The molecular weight excluding hydrogens is 370 g/mol. The zero-order valence-corrected chi connectivity index (χ0v) is 16.2. The van der Waals surface area contributed by atoms with E-state index in [1.807, 2.05) is 17.0 Å². The number of pyridine rings is 1. The van der Waals surface area contributed by atoms with Gasteiger partial charge in [-0.25, -0.2) is 15.0 Å². The van der Waals surface area contributed by atoms with Gasteiger partial charge in [0.1, 0.15) is 21.0 Å². The van der Waals surface area contributed by atoms with E-state index in [4.69, 9.17) is 16.5 Å². The van der Waals surface area contributed by atoms with Crippen LogP contribution in [0.4, 0.5) is 5.69 Å². The molecule has 7 nitrogen and oxygen atoms in total. The lowest BCUT2D eigenvalue weighted by Crippen LogP contribution is -2.58. The van der Waals surface area contributed by atoms with Crippen LogP contribution < -0.4 is 16.4 Å². The SMILES string of the molecule is NC1=NC2(CCCCC2)N(c2ccc(-c3nc4cccnc4s3)cc2)C(N)=N1. The minimum absolute atomic E-state index is 0.272. The largest absolute Gasteiger partial charge is 0.369 e. The van der Waals surface area contributed by atoms with Gasteiger partial charge >= 0.3 is 0 Å². The fraction of sp³-hybridized carbons (Fsp3) is 0.300. The summed E-state index contributed by atoms with van der Waals surface area (Å²) in [5.41, 5.74) is 14.8. The average Bonchev–Trinajstić information content (AvgIpc) is 3.13. The van der Waals surface area contributed by atoms with Gasteiger partial charge in [-0.1, -0.05) is 17.8 Å². The number of aromatic nitrogens is 2. The lowest BCUT2D eigenvalue weighted by Gasteiger charge is -2.45. The molecule has 5 rings (SSSR count). The van der Waals surface area contributed by atoms with Gasteiger partial charge in [-0.3, -0.25) is 4.90 Å². The van der Waals surface area contributed by atoms with Crippen molar-refractivity contribution in [2.24, 2.45) is 21.5 Å². The van der Waals surface area contributed by atoms with Gasteiger partial charge in [0.25, 0.3) is 0 Å². The summed E-state index contributed by atoms with van der Waals surface area (Å²) in [5.74, 6) is 0.681. The van der Waals surface area contributed by atoms with Crippen molar-refractivity contribution in [3.8, 4) is 10.6 Å². The van der Waals surface area contributed by atoms with Crippen molar-refractivity contribution in [2.45, 2.75) is 37.8 Å². The van der Waals surface area contributed by atoms with E-state index in [1.165, 1.54) is 6.42 Å². The molecule has 3 heterocycles. The third-order valence-electron chi connectivity index (χ3n) is 5.39. The minimum Gasteiger partial charge on any atom is -0.369 e. The van der Waals surface area contributed by atoms with Crippen molar-refractivity contribution in [1.82, 2.24) is 9.97 Å². The lowest BCUT2D eigenvalue weighted by molar-refractivity contribution is 0.305. The summed E-state index contributed by atoms with van der Waals surface area (Å²) in [6.07, 6.45) is 7.08. The van der Waals surface area contributed by atoms with E-state index in [9.17, 15) is 0 Å². The number of anilines is 1. The predicted molar refractivity (Wildman–Crippen MR) is 114 cm³/mol. The number of nitrogens with zero attached hydrogens (tertiary/aromatic N) is 5. The van der Waals surface area contributed by atoms with Gasteiger partial charge in [0, 0.05) is 17.4 Å². The van der Waals surface area contributed by atoms with E-state index in [1.54, 1.807) is 17.5 Å². The van der Waals surface area contributed by atoms with Crippen LogP contribution in [0.15, 0.2) is 52.6 Å². The Kier molecular flexibility index (Phi) is 4.01. The highest BCUT2D eigenvalue weighted by molar-refractivity contribution is 7.21. The van der Waals surface area contributed by atoms with Crippen molar-refractivity contribution >= 4 is 39.3 Å². The zero-order chi connectivity index (χ0) is 19.1. The van der Waals surface area contributed by atoms with Gasteiger partial charge in [-0.2, -0.15) is 4.99 Å². The molecule has 1 aliphatic carbocycles. The molecular formula is C20H21N7S. The molecule has 142 valence electrons. The minimum atomic E-state index is -0.421.